The predicted molar refractivity (Wildman–Crippen MR) is 144 cm³/mol. The Morgan fingerprint density at radius 1 is 1.23 bits per heavy atom. The topological polar surface area (TPSA) is 130 Å². The minimum atomic E-state index is -2.78. The van der Waals surface area contributed by atoms with Gasteiger partial charge in [0.1, 0.15) is 30.4 Å². The number of carbonyl (C=O) groups is 3. The number of alkyl halides is 2. The smallest absolute Gasteiger partial charge is 0.258 e. The molecule has 0 saturated carbocycles. The van der Waals surface area contributed by atoms with E-state index in [0.29, 0.717) is 22.2 Å². The monoisotopic (exact) mass is 576 g/mol. The number of rotatable bonds is 10. The second-order valence-corrected chi connectivity index (χ2v) is 10.8. The van der Waals surface area contributed by atoms with Crippen LogP contribution in [0.2, 0.25) is 5.02 Å². The van der Waals surface area contributed by atoms with Crippen LogP contribution < -0.4 is 15.8 Å². The summed E-state index contributed by atoms with van der Waals surface area (Å²) in [5.41, 5.74) is 4.26. The van der Waals surface area contributed by atoms with E-state index in [1.807, 2.05) is 0 Å². The molecule has 0 spiro atoms. The molecule has 3 heterocycles. The highest BCUT2D eigenvalue weighted by atomic mass is 35.5. The molecule has 1 saturated heterocycles. The number of nitrogens with one attached hydrogen (secondary N) is 1. The van der Waals surface area contributed by atoms with Gasteiger partial charge in [-0.1, -0.05) is 29.8 Å². The molecule has 0 aliphatic carbocycles. The number of hydrogen-bond acceptors (Lipinski definition) is 7. The molecule has 40 heavy (non-hydrogen) atoms. The van der Waals surface area contributed by atoms with E-state index in [0.717, 1.165) is 5.01 Å². The quantitative estimate of drug-likeness (QED) is 0.446. The fourth-order valence-electron chi connectivity index (χ4n) is 4.71. The number of hydrazone groups is 1. The van der Waals surface area contributed by atoms with Gasteiger partial charge in [-0.05, 0) is 38.1 Å². The summed E-state index contributed by atoms with van der Waals surface area (Å²) in [5.74, 6) is -1.42. The van der Waals surface area contributed by atoms with E-state index in [9.17, 15) is 23.2 Å². The molecule has 1 aromatic heterocycles. The Labute approximate surface area is 235 Å². The van der Waals surface area contributed by atoms with Crippen LogP contribution in [0.25, 0.3) is 0 Å². The number of carbonyl (C=O) groups excluding carboxylic acids is 3. The van der Waals surface area contributed by atoms with Crippen LogP contribution in [0.15, 0.2) is 53.8 Å². The number of benzene rings is 1. The average molecular weight is 577 g/mol. The van der Waals surface area contributed by atoms with Crippen LogP contribution >= 0.6 is 11.6 Å². The van der Waals surface area contributed by atoms with Crippen molar-refractivity contribution in [2.45, 2.75) is 44.7 Å². The summed E-state index contributed by atoms with van der Waals surface area (Å²) in [6.45, 7) is 1.90. The van der Waals surface area contributed by atoms with Gasteiger partial charge in [-0.2, -0.15) is 5.10 Å². The summed E-state index contributed by atoms with van der Waals surface area (Å²) in [6, 6.07) is 10.7. The summed E-state index contributed by atoms with van der Waals surface area (Å²) in [5, 5.41) is 7.99. The molecule has 3 N–H and O–H groups in total. The third-order valence-corrected chi connectivity index (χ3v) is 7.09. The van der Waals surface area contributed by atoms with E-state index in [-0.39, 0.29) is 32.5 Å². The second-order valence-electron chi connectivity index (χ2n) is 10.4. The van der Waals surface area contributed by atoms with Gasteiger partial charge >= 0.3 is 0 Å². The molecule has 0 radical (unpaired) electrons. The van der Waals surface area contributed by atoms with Crippen molar-refractivity contribution in [2.24, 2.45) is 16.3 Å². The highest BCUT2D eigenvalue weighted by molar-refractivity contribution is 6.32. The zero-order valence-corrected chi connectivity index (χ0v) is 22.9. The lowest BCUT2D eigenvalue weighted by Gasteiger charge is -2.40. The van der Waals surface area contributed by atoms with Crippen molar-refractivity contribution in [3.63, 3.8) is 0 Å². The van der Waals surface area contributed by atoms with Crippen molar-refractivity contribution in [3.05, 3.63) is 59.4 Å². The number of para-hydroxylation sites is 1. The number of nitrogens with two attached hydrogens (primary N) is 1. The second kappa shape index (κ2) is 11.8. The van der Waals surface area contributed by atoms with E-state index in [2.05, 4.69) is 15.4 Å². The summed E-state index contributed by atoms with van der Waals surface area (Å²) in [7, 11) is 0. The summed E-state index contributed by atoms with van der Waals surface area (Å²) < 4.78 is 32.3. The zero-order valence-electron chi connectivity index (χ0n) is 22.1. The standard InChI is InChI=1S/C27H31ClF2N6O4/c1-26(2,31)24(38)33-19(15-40-20-9-4-3-8-18(20)28)23(37)35-12-10-21-27(16-35,13-17-7-5-6-11-32-17)25(39)36(34-21)14-22(29)30/h3-9,11,19,22H,10,12-16,31H2,1-2H3,(H,33,38)/t19?,27-/m1/s1. The average Bonchev–Trinajstić information content (AvgIpc) is 3.16. The van der Waals surface area contributed by atoms with Gasteiger partial charge in [0, 0.05) is 37.8 Å². The normalized spacial score (nSPS) is 19.8. The lowest BCUT2D eigenvalue weighted by Crippen LogP contribution is -2.62. The number of amides is 3. The molecule has 10 nitrogen and oxygen atoms in total. The van der Waals surface area contributed by atoms with Crippen molar-refractivity contribution in [1.82, 2.24) is 20.2 Å². The predicted octanol–water partition coefficient (Wildman–Crippen LogP) is 2.26. The van der Waals surface area contributed by atoms with Crippen LogP contribution in [0.1, 0.15) is 26.0 Å². The fourth-order valence-corrected chi connectivity index (χ4v) is 4.90. The molecule has 2 atom stereocenters. The number of aromatic nitrogens is 1. The Hall–Kier alpha value is -3.64. The fraction of sp³-hybridized carbons (Fsp3) is 0.444. The number of ether oxygens (including phenoxy) is 1. The van der Waals surface area contributed by atoms with E-state index in [1.54, 1.807) is 48.7 Å². The van der Waals surface area contributed by atoms with E-state index in [4.69, 9.17) is 22.1 Å². The maximum atomic E-state index is 13.9. The first-order valence-corrected chi connectivity index (χ1v) is 13.1. The van der Waals surface area contributed by atoms with E-state index in [1.165, 1.54) is 18.7 Å². The van der Waals surface area contributed by atoms with Crippen LogP contribution in [0.4, 0.5) is 8.78 Å². The first-order valence-electron chi connectivity index (χ1n) is 12.7. The van der Waals surface area contributed by atoms with Crippen LogP contribution in [0, 0.1) is 5.41 Å². The third kappa shape index (κ3) is 6.39. The van der Waals surface area contributed by atoms with Crippen molar-refractivity contribution < 1.29 is 27.9 Å². The molecule has 1 unspecified atom stereocenters. The molecular formula is C27H31ClF2N6O4. The number of piperidine rings is 1. The molecule has 3 amide bonds. The van der Waals surface area contributed by atoms with Gasteiger partial charge < -0.3 is 20.7 Å². The summed E-state index contributed by atoms with van der Waals surface area (Å²) in [4.78, 5) is 46.0. The third-order valence-electron chi connectivity index (χ3n) is 6.78. The Kier molecular flexibility index (Phi) is 8.69. The first-order chi connectivity index (χ1) is 18.9. The molecule has 0 bridgehead atoms. The van der Waals surface area contributed by atoms with Gasteiger partial charge in [-0.25, -0.2) is 13.8 Å². The Bertz CT molecular complexity index is 1290. The van der Waals surface area contributed by atoms with Crippen LogP contribution in [0.3, 0.4) is 0 Å². The number of likely N-dealkylation sites (tertiary alicyclic amines) is 1. The number of hydrogen-bond donors (Lipinski definition) is 2. The maximum absolute atomic E-state index is 13.9. The van der Waals surface area contributed by atoms with Crippen LogP contribution in [-0.4, -0.2) is 82.6 Å². The molecule has 2 aliphatic rings. The minimum absolute atomic E-state index is 0.0675. The van der Waals surface area contributed by atoms with Gasteiger partial charge in [0.15, 0.2) is 0 Å². The van der Waals surface area contributed by atoms with Gasteiger partial charge in [0.25, 0.3) is 12.3 Å². The Balaban J connectivity index is 1.62. The zero-order chi connectivity index (χ0) is 29.1. The molecule has 1 aromatic carbocycles. The molecule has 214 valence electrons. The largest absolute Gasteiger partial charge is 0.489 e. The summed E-state index contributed by atoms with van der Waals surface area (Å²) >= 11 is 6.19. The lowest BCUT2D eigenvalue weighted by atomic mass is 9.74. The van der Waals surface area contributed by atoms with E-state index >= 15 is 0 Å². The van der Waals surface area contributed by atoms with Gasteiger partial charge in [0.2, 0.25) is 11.8 Å². The number of pyridine rings is 1. The highest BCUT2D eigenvalue weighted by Gasteiger charge is 2.55. The van der Waals surface area contributed by atoms with Crippen LogP contribution in [0.5, 0.6) is 5.75 Å². The number of halogens is 3. The molecule has 13 heteroatoms. The van der Waals surface area contributed by atoms with E-state index < -0.39 is 47.7 Å². The summed E-state index contributed by atoms with van der Waals surface area (Å²) in [6.07, 6.45) is -0.965. The maximum Gasteiger partial charge on any atom is 0.258 e. The lowest BCUT2D eigenvalue weighted by molar-refractivity contribution is -0.144. The van der Waals surface area contributed by atoms with Gasteiger partial charge in [0.05, 0.1) is 16.3 Å². The number of fused-ring (bicyclic) bond motifs is 1. The molecule has 2 aromatic rings. The van der Waals surface area contributed by atoms with Crippen molar-refractivity contribution in [3.8, 4) is 5.75 Å². The Morgan fingerprint density at radius 2 is 1.95 bits per heavy atom. The molecule has 2 aliphatic heterocycles. The SMILES string of the molecule is CC(C)(N)C(=O)NC(COc1ccccc1Cl)C(=O)N1CCC2=NN(CC(F)F)C(=O)[C@]2(Cc2ccccn2)C1. The van der Waals surface area contributed by atoms with Crippen LogP contribution in [-0.2, 0) is 20.8 Å². The molecule has 1 fully saturated rings. The van der Waals surface area contributed by atoms with Crippen molar-refractivity contribution in [1.29, 1.82) is 0 Å². The van der Waals surface area contributed by atoms with Gasteiger partial charge in [-0.15, -0.1) is 0 Å². The highest BCUT2D eigenvalue weighted by Crippen LogP contribution is 2.39. The van der Waals surface area contributed by atoms with Crippen molar-refractivity contribution in [2.75, 3.05) is 26.2 Å². The van der Waals surface area contributed by atoms with Crippen molar-refractivity contribution >= 4 is 35.0 Å². The molecule has 4 rings (SSSR count). The minimum Gasteiger partial charge on any atom is -0.489 e. The van der Waals surface area contributed by atoms with Gasteiger partial charge in [-0.3, -0.25) is 19.4 Å². The Morgan fingerprint density at radius 3 is 2.60 bits per heavy atom. The number of nitrogens with zero attached hydrogens (tertiary/aromatic N) is 4. The first kappa shape index (κ1) is 29.3. The molecular weight excluding hydrogens is 546 g/mol.